The number of nitrogens with one attached hydrogen (secondary N) is 2. The van der Waals surface area contributed by atoms with Crippen LogP contribution in [0.3, 0.4) is 0 Å². The van der Waals surface area contributed by atoms with Gasteiger partial charge in [-0.3, -0.25) is 9.78 Å². The summed E-state index contributed by atoms with van der Waals surface area (Å²) in [5.41, 5.74) is 2.83. The third-order valence-corrected chi connectivity index (χ3v) is 4.69. The fourth-order valence-electron chi connectivity index (χ4n) is 3.25. The Bertz CT molecular complexity index is 800. The molecule has 0 fully saturated rings. The predicted molar refractivity (Wildman–Crippen MR) is 109 cm³/mol. The van der Waals surface area contributed by atoms with Crippen LogP contribution >= 0.6 is 0 Å². The molecule has 0 aromatic carbocycles. The van der Waals surface area contributed by atoms with Gasteiger partial charge in [0.2, 0.25) is 5.91 Å². The van der Waals surface area contributed by atoms with E-state index in [1.807, 2.05) is 33.8 Å². The Labute approximate surface area is 166 Å². The lowest BCUT2D eigenvalue weighted by atomic mass is 9.99. The molecule has 28 heavy (non-hydrogen) atoms. The zero-order chi connectivity index (χ0) is 20.7. The number of aryl methyl sites for hydroxylation is 2. The topological polar surface area (TPSA) is 97.0 Å². The zero-order valence-corrected chi connectivity index (χ0v) is 17.5. The van der Waals surface area contributed by atoms with Crippen LogP contribution in [0.5, 0.6) is 0 Å². The second-order valence-electron chi connectivity index (χ2n) is 7.71. The van der Waals surface area contributed by atoms with Gasteiger partial charge >= 0.3 is 5.97 Å². The number of H-pyrrole nitrogens is 1. The van der Waals surface area contributed by atoms with Crippen molar-refractivity contribution in [1.82, 2.24) is 20.3 Å². The number of fused-ring (bicyclic) bond motifs is 1. The molecule has 154 valence electrons. The number of carbonyl (C=O) groups excluding carboxylic acids is 2. The number of aromatic amines is 1. The summed E-state index contributed by atoms with van der Waals surface area (Å²) in [7, 11) is 0. The van der Waals surface area contributed by atoms with Crippen LogP contribution in [0.25, 0.3) is 11.0 Å². The first-order valence-electron chi connectivity index (χ1n) is 10.1. The SMILES string of the molecule is CCOC(=O)[C@H](CC(C)C)NC(=O)C(C)CCCc1nccc2[nH]c(C)nc12. The summed E-state index contributed by atoms with van der Waals surface area (Å²) >= 11 is 0. The van der Waals surface area contributed by atoms with E-state index in [1.165, 1.54) is 0 Å². The van der Waals surface area contributed by atoms with Crippen LogP contribution in [0.15, 0.2) is 12.3 Å². The highest BCUT2D eigenvalue weighted by molar-refractivity contribution is 5.85. The van der Waals surface area contributed by atoms with E-state index in [2.05, 4.69) is 20.3 Å². The third-order valence-electron chi connectivity index (χ3n) is 4.69. The molecule has 0 aliphatic heterocycles. The van der Waals surface area contributed by atoms with Crippen molar-refractivity contribution in [2.24, 2.45) is 11.8 Å². The standard InChI is InChI=1S/C21H32N4O3/c1-6-28-21(27)18(12-13(2)3)25-20(26)14(4)8-7-9-16-19-17(10-11-22-16)23-15(5)24-19/h10-11,13-14,18H,6-9,12H2,1-5H3,(H,23,24)(H,25,26)/t14?,18-/m0/s1. The first-order chi connectivity index (χ1) is 13.3. The number of ether oxygens (including phenoxy) is 1. The minimum absolute atomic E-state index is 0.111. The number of imidazole rings is 1. The summed E-state index contributed by atoms with van der Waals surface area (Å²) in [6, 6.07) is 1.33. The number of hydrogen-bond donors (Lipinski definition) is 2. The van der Waals surface area contributed by atoms with E-state index >= 15 is 0 Å². The molecule has 1 unspecified atom stereocenters. The average Bonchev–Trinajstić information content (AvgIpc) is 3.01. The maximum Gasteiger partial charge on any atom is 0.328 e. The van der Waals surface area contributed by atoms with Crippen molar-refractivity contribution in [2.45, 2.75) is 66.3 Å². The van der Waals surface area contributed by atoms with E-state index in [1.54, 1.807) is 13.1 Å². The van der Waals surface area contributed by atoms with Gasteiger partial charge in [0.05, 0.1) is 17.8 Å². The number of carbonyl (C=O) groups is 2. The number of amides is 1. The molecule has 7 nitrogen and oxygen atoms in total. The molecule has 1 amide bonds. The van der Waals surface area contributed by atoms with Crippen molar-refractivity contribution in [1.29, 1.82) is 0 Å². The van der Waals surface area contributed by atoms with Crippen LogP contribution in [0, 0.1) is 18.8 Å². The summed E-state index contributed by atoms with van der Waals surface area (Å²) in [6.07, 6.45) is 4.64. The van der Waals surface area contributed by atoms with Gasteiger partial charge in [0.1, 0.15) is 17.4 Å². The van der Waals surface area contributed by atoms with Crippen LogP contribution in [0.2, 0.25) is 0 Å². The largest absolute Gasteiger partial charge is 0.464 e. The Morgan fingerprint density at radius 1 is 1.29 bits per heavy atom. The Morgan fingerprint density at radius 3 is 2.71 bits per heavy atom. The van der Waals surface area contributed by atoms with Gasteiger partial charge in [-0.2, -0.15) is 0 Å². The first kappa shape index (κ1) is 21.9. The number of rotatable bonds is 10. The summed E-state index contributed by atoms with van der Waals surface area (Å²) < 4.78 is 5.10. The molecule has 0 aliphatic rings. The quantitative estimate of drug-likeness (QED) is 0.609. The highest BCUT2D eigenvalue weighted by Gasteiger charge is 2.25. The molecule has 7 heteroatoms. The van der Waals surface area contributed by atoms with Gasteiger partial charge in [0.15, 0.2) is 0 Å². The number of nitrogens with zero attached hydrogens (tertiary/aromatic N) is 2. The molecule has 0 aliphatic carbocycles. The summed E-state index contributed by atoms with van der Waals surface area (Å²) in [6.45, 7) is 9.93. The van der Waals surface area contributed by atoms with Gasteiger partial charge in [-0.1, -0.05) is 20.8 Å². The van der Waals surface area contributed by atoms with Crippen LogP contribution in [-0.2, 0) is 20.7 Å². The minimum Gasteiger partial charge on any atom is -0.464 e. The molecular formula is C21H32N4O3. The summed E-state index contributed by atoms with van der Waals surface area (Å²) in [4.78, 5) is 36.8. The normalized spacial score (nSPS) is 13.5. The fraction of sp³-hybridized carbons (Fsp3) is 0.619. The molecule has 2 heterocycles. The molecule has 0 saturated carbocycles. The molecule has 0 radical (unpaired) electrons. The molecular weight excluding hydrogens is 356 g/mol. The lowest BCUT2D eigenvalue weighted by Crippen LogP contribution is -2.44. The van der Waals surface area contributed by atoms with E-state index < -0.39 is 6.04 Å². The first-order valence-corrected chi connectivity index (χ1v) is 10.1. The lowest BCUT2D eigenvalue weighted by molar-refractivity contribution is -0.148. The van der Waals surface area contributed by atoms with Crippen molar-refractivity contribution < 1.29 is 14.3 Å². The predicted octanol–water partition coefficient (Wildman–Crippen LogP) is 3.32. The van der Waals surface area contributed by atoms with Gasteiger partial charge in [-0.05, 0) is 51.5 Å². The van der Waals surface area contributed by atoms with Crippen LogP contribution in [0.1, 0.15) is 58.5 Å². The summed E-state index contributed by atoms with van der Waals surface area (Å²) in [5, 5.41) is 2.87. The van der Waals surface area contributed by atoms with Gasteiger partial charge in [-0.25, -0.2) is 9.78 Å². The summed E-state index contributed by atoms with van der Waals surface area (Å²) in [5.74, 6) is 0.493. The molecule has 2 aromatic heterocycles. The second-order valence-corrected chi connectivity index (χ2v) is 7.71. The monoisotopic (exact) mass is 388 g/mol. The van der Waals surface area contributed by atoms with Crippen molar-refractivity contribution >= 4 is 22.9 Å². The van der Waals surface area contributed by atoms with E-state index in [-0.39, 0.29) is 23.7 Å². The Kier molecular flexibility index (Phi) is 7.96. The fourth-order valence-corrected chi connectivity index (χ4v) is 3.25. The van der Waals surface area contributed by atoms with Gasteiger partial charge < -0.3 is 15.0 Å². The second kappa shape index (κ2) is 10.2. The zero-order valence-electron chi connectivity index (χ0n) is 17.5. The molecule has 2 rings (SSSR count). The van der Waals surface area contributed by atoms with E-state index in [9.17, 15) is 9.59 Å². The number of esters is 1. The lowest BCUT2D eigenvalue weighted by Gasteiger charge is -2.21. The molecule has 2 aromatic rings. The smallest absolute Gasteiger partial charge is 0.328 e. The maximum absolute atomic E-state index is 12.5. The van der Waals surface area contributed by atoms with Crippen LogP contribution in [0.4, 0.5) is 0 Å². The van der Waals surface area contributed by atoms with E-state index in [0.717, 1.165) is 35.4 Å². The third kappa shape index (κ3) is 6.04. The van der Waals surface area contributed by atoms with Crippen molar-refractivity contribution in [3.8, 4) is 0 Å². The Morgan fingerprint density at radius 2 is 2.04 bits per heavy atom. The van der Waals surface area contributed by atoms with Crippen LogP contribution < -0.4 is 5.32 Å². The highest BCUT2D eigenvalue weighted by atomic mass is 16.5. The Balaban J connectivity index is 1.89. The van der Waals surface area contributed by atoms with Gasteiger partial charge in [-0.15, -0.1) is 0 Å². The number of hydrogen-bond acceptors (Lipinski definition) is 5. The Hall–Kier alpha value is -2.44. The van der Waals surface area contributed by atoms with Crippen LogP contribution in [-0.4, -0.2) is 39.5 Å². The minimum atomic E-state index is -0.586. The number of aromatic nitrogens is 3. The van der Waals surface area contributed by atoms with Crippen molar-refractivity contribution in [3.05, 3.63) is 23.8 Å². The number of pyridine rings is 1. The van der Waals surface area contributed by atoms with E-state index in [4.69, 9.17) is 4.74 Å². The molecule has 0 spiro atoms. The molecule has 0 bridgehead atoms. The highest BCUT2D eigenvalue weighted by Crippen LogP contribution is 2.18. The maximum atomic E-state index is 12.5. The van der Waals surface area contributed by atoms with Crippen molar-refractivity contribution in [2.75, 3.05) is 6.61 Å². The van der Waals surface area contributed by atoms with Gasteiger partial charge in [0, 0.05) is 12.1 Å². The van der Waals surface area contributed by atoms with Gasteiger partial charge in [0.25, 0.3) is 0 Å². The van der Waals surface area contributed by atoms with E-state index in [0.29, 0.717) is 19.4 Å². The average molecular weight is 389 g/mol. The molecule has 2 atom stereocenters. The molecule has 0 saturated heterocycles. The molecule has 2 N–H and O–H groups in total. The van der Waals surface area contributed by atoms with Crippen molar-refractivity contribution in [3.63, 3.8) is 0 Å².